The summed E-state index contributed by atoms with van der Waals surface area (Å²) in [6.07, 6.45) is 2.53. The summed E-state index contributed by atoms with van der Waals surface area (Å²) in [5.74, 6) is 1.18. The third-order valence-electron chi connectivity index (χ3n) is 5.60. The minimum absolute atomic E-state index is 0.0538. The lowest BCUT2D eigenvalue weighted by atomic mass is 9.91. The summed E-state index contributed by atoms with van der Waals surface area (Å²) in [5.41, 5.74) is 2.24. The molecule has 0 bridgehead atoms. The zero-order valence-electron chi connectivity index (χ0n) is 16.9. The number of likely N-dealkylation sites (tertiary alicyclic amines) is 1. The van der Waals surface area contributed by atoms with Crippen LogP contribution in [0.3, 0.4) is 0 Å². The third-order valence-corrected chi connectivity index (χ3v) is 5.60. The predicted octanol–water partition coefficient (Wildman–Crippen LogP) is 2.28. The van der Waals surface area contributed by atoms with Crippen LogP contribution in [0.1, 0.15) is 48.0 Å². The van der Waals surface area contributed by atoms with Gasteiger partial charge in [-0.1, -0.05) is 35.0 Å². The smallest absolute Gasteiger partial charge is 0.317 e. The van der Waals surface area contributed by atoms with Crippen molar-refractivity contribution >= 4 is 11.9 Å². The van der Waals surface area contributed by atoms with Crippen LogP contribution in [0.25, 0.3) is 0 Å². The van der Waals surface area contributed by atoms with Gasteiger partial charge in [0, 0.05) is 25.6 Å². The van der Waals surface area contributed by atoms with E-state index in [1.165, 1.54) is 5.56 Å². The van der Waals surface area contributed by atoms with E-state index in [4.69, 9.17) is 4.52 Å². The molecule has 1 aromatic carbocycles. The largest absolute Gasteiger partial charge is 0.351 e. The van der Waals surface area contributed by atoms with E-state index in [0.717, 1.165) is 18.4 Å². The van der Waals surface area contributed by atoms with Crippen molar-refractivity contribution in [1.29, 1.82) is 0 Å². The van der Waals surface area contributed by atoms with Crippen LogP contribution in [0.5, 0.6) is 0 Å². The van der Waals surface area contributed by atoms with Crippen LogP contribution in [-0.4, -0.2) is 46.1 Å². The third kappa shape index (κ3) is 4.75. The Hall–Kier alpha value is -2.90. The maximum atomic E-state index is 12.7. The fourth-order valence-corrected chi connectivity index (χ4v) is 3.68. The number of amides is 3. The van der Waals surface area contributed by atoms with Gasteiger partial charge in [-0.15, -0.1) is 0 Å². The van der Waals surface area contributed by atoms with E-state index < -0.39 is 0 Å². The molecule has 2 heterocycles. The Morgan fingerprint density at radius 3 is 2.59 bits per heavy atom. The molecular weight excluding hydrogens is 370 g/mol. The van der Waals surface area contributed by atoms with Crippen molar-refractivity contribution < 1.29 is 14.1 Å². The van der Waals surface area contributed by atoms with Crippen molar-refractivity contribution in [2.75, 3.05) is 13.1 Å². The van der Waals surface area contributed by atoms with Gasteiger partial charge in [-0.25, -0.2) is 4.79 Å². The van der Waals surface area contributed by atoms with Crippen molar-refractivity contribution in [2.45, 2.75) is 51.6 Å². The van der Waals surface area contributed by atoms with E-state index in [9.17, 15) is 9.59 Å². The highest BCUT2D eigenvalue weighted by molar-refractivity contribution is 5.81. The molecule has 1 saturated heterocycles. The van der Waals surface area contributed by atoms with Gasteiger partial charge in [-0.05, 0) is 38.7 Å². The molecule has 8 nitrogen and oxygen atoms in total. The van der Waals surface area contributed by atoms with Crippen LogP contribution in [0.2, 0.25) is 0 Å². The van der Waals surface area contributed by atoms with E-state index in [0.29, 0.717) is 37.8 Å². The first kappa shape index (κ1) is 19.4. The van der Waals surface area contributed by atoms with Gasteiger partial charge in [0.15, 0.2) is 5.82 Å². The second-order valence-electron chi connectivity index (χ2n) is 8.05. The summed E-state index contributed by atoms with van der Waals surface area (Å²) < 4.78 is 5.37. The molecule has 1 aliphatic heterocycles. The highest BCUT2D eigenvalue weighted by Gasteiger charge is 2.39. The number of rotatable bonds is 5. The number of hydrogen-bond donors (Lipinski definition) is 2. The maximum absolute atomic E-state index is 12.7. The molecular formula is C21H27N5O3. The van der Waals surface area contributed by atoms with Crippen LogP contribution >= 0.6 is 0 Å². The second kappa shape index (κ2) is 8.23. The summed E-state index contributed by atoms with van der Waals surface area (Å²) in [5, 5.41) is 9.98. The molecule has 1 saturated carbocycles. The maximum Gasteiger partial charge on any atom is 0.317 e. The van der Waals surface area contributed by atoms with Crippen LogP contribution in [0.4, 0.5) is 4.79 Å². The molecule has 0 unspecified atom stereocenters. The number of aryl methyl sites for hydroxylation is 2. The molecule has 0 spiro atoms. The highest BCUT2D eigenvalue weighted by Crippen LogP contribution is 2.32. The first-order chi connectivity index (χ1) is 14.0. The molecule has 2 atom stereocenters. The Morgan fingerprint density at radius 2 is 1.93 bits per heavy atom. The Balaban J connectivity index is 1.40. The lowest BCUT2D eigenvalue weighted by Crippen LogP contribution is -2.55. The zero-order chi connectivity index (χ0) is 20.4. The average molecular weight is 397 g/mol. The lowest BCUT2D eigenvalue weighted by molar-refractivity contribution is -0.123. The van der Waals surface area contributed by atoms with Crippen LogP contribution < -0.4 is 10.6 Å². The molecule has 2 aromatic rings. The number of nitrogens with zero attached hydrogens (tertiary/aromatic N) is 3. The van der Waals surface area contributed by atoms with E-state index in [1.807, 2.05) is 31.2 Å². The monoisotopic (exact) mass is 397 g/mol. The van der Waals surface area contributed by atoms with Crippen molar-refractivity contribution in [2.24, 2.45) is 5.92 Å². The van der Waals surface area contributed by atoms with Gasteiger partial charge in [-0.2, -0.15) is 4.98 Å². The zero-order valence-corrected chi connectivity index (χ0v) is 16.9. The Morgan fingerprint density at radius 1 is 1.17 bits per heavy atom. The van der Waals surface area contributed by atoms with E-state index in [2.05, 4.69) is 20.8 Å². The van der Waals surface area contributed by atoms with Gasteiger partial charge in [0.2, 0.25) is 11.8 Å². The SMILES string of the molecule is Cc1ccc(CNC(=O)N2CC[C@H](c3nc(C)no3)[C@H](NC(=O)C3CC3)C2)cc1. The number of nitrogens with one attached hydrogen (secondary N) is 2. The number of benzene rings is 1. The fourth-order valence-electron chi connectivity index (χ4n) is 3.68. The van der Waals surface area contributed by atoms with Crippen molar-refractivity contribution in [3.8, 4) is 0 Å². The van der Waals surface area contributed by atoms with Crippen molar-refractivity contribution in [1.82, 2.24) is 25.7 Å². The van der Waals surface area contributed by atoms with Gasteiger partial charge in [-0.3, -0.25) is 4.79 Å². The highest BCUT2D eigenvalue weighted by atomic mass is 16.5. The number of hydrogen-bond acceptors (Lipinski definition) is 5. The lowest BCUT2D eigenvalue weighted by Gasteiger charge is -2.37. The topological polar surface area (TPSA) is 100 Å². The van der Waals surface area contributed by atoms with E-state index in [-0.39, 0.29) is 29.8 Å². The Bertz CT molecular complexity index is 875. The summed E-state index contributed by atoms with van der Waals surface area (Å²) in [6.45, 7) is 5.28. The molecule has 154 valence electrons. The summed E-state index contributed by atoms with van der Waals surface area (Å²) in [6, 6.07) is 7.72. The predicted molar refractivity (Wildman–Crippen MR) is 106 cm³/mol. The van der Waals surface area contributed by atoms with E-state index in [1.54, 1.807) is 11.8 Å². The van der Waals surface area contributed by atoms with Gasteiger partial charge >= 0.3 is 6.03 Å². The first-order valence-corrected chi connectivity index (χ1v) is 10.2. The molecule has 2 fully saturated rings. The molecule has 2 aliphatic rings. The number of urea groups is 1. The average Bonchev–Trinajstić information content (AvgIpc) is 3.48. The number of carbonyl (C=O) groups excluding carboxylic acids is 2. The van der Waals surface area contributed by atoms with Crippen molar-refractivity contribution in [3.05, 3.63) is 47.1 Å². The van der Waals surface area contributed by atoms with Gasteiger partial charge < -0.3 is 20.1 Å². The van der Waals surface area contributed by atoms with Gasteiger partial charge in [0.1, 0.15) is 0 Å². The number of aromatic nitrogens is 2. The van der Waals surface area contributed by atoms with Crippen molar-refractivity contribution in [3.63, 3.8) is 0 Å². The summed E-state index contributed by atoms with van der Waals surface area (Å²) in [7, 11) is 0. The first-order valence-electron chi connectivity index (χ1n) is 10.2. The van der Waals surface area contributed by atoms with E-state index >= 15 is 0 Å². The standard InChI is InChI=1S/C21H27N5O3/c1-13-3-5-15(6-4-13)11-22-21(28)26-10-9-17(20-23-14(2)25-29-20)18(12-26)24-19(27)16-7-8-16/h3-6,16-18H,7-12H2,1-2H3,(H,22,28)(H,24,27)/t17-,18+/m0/s1. The number of carbonyl (C=O) groups is 2. The molecule has 4 rings (SSSR count). The normalized spacial score (nSPS) is 21.7. The molecule has 1 aliphatic carbocycles. The minimum atomic E-state index is -0.234. The molecule has 3 amide bonds. The number of piperidine rings is 1. The van der Waals surface area contributed by atoms with Gasteiger partial charge in [0.05, 0.1) is 12.0 Å². The summed E-state index contributed by atoms with van der Waals surface area (Å²) in [4.78, 5) is 31.2. The van der Waals surface area contributed by atoms with Gasteiger partial charge in [0.25, 0.3) is 0 Å². The summed E-state index contributed by atoms with van der Waals surface area (Å²) >= 11 is 0. The minimum Gasteiger partial charge on any atom is -0.351 e. The Kier molecular flexibility index (Phi) is 5.51. The van der Waals surface area contributed by atoms with Crippen LogP contribution in [-0.2, 0) is 11.3 Å². The molecule has 2 N–H and O–H groups in total. The van der Waals surface area contributed by atoms with Crippen LogP contribution in [0.15, 0.2) is 28.8 Å². The molecule has 0 radical (unpaired) electrons. The quantitative estimate of drug-likeness (QED) is 0.806. The molecule has 29 heavy (non-hydrogen) atoms. The van der Waals surface area contributed by atoms with Crippen LogP contribution in [0, 0.1) is 19.8 Å². The fraction of sp³-hybridized carbons (Fsp3) is 0.524. The molecule has 1 aromatic heterocycles. The second-order valence-corrected chi connectivity index (χ2v) is 8.05. The molecule has 8 heteroatoms. The Labute approximate surface area is 170 Å².